The molecule has 0 spiro atoms. The molecule has 3 rings (SSSR count). The van der Waals surface area contributed by atoms with Crippen molar-refractivity contribution in [2.45, 2.75) is 26.4 Å². The minimum absolute atomic E-state index is 0.000648. The van der Waals surface area contributed by atoms with Gasteiger partial charge in [-0.3, -0.25) is 9.89 Å². The van der Waals surface area contributed by atoms with Crippen molar-refractivity contribution >= 4 is 5.91 Å². The Bertz CT molecular complexity index is 583. The van der Waals surface area contributed by atoms with Crippen molar-refractivity contribution in [1.82, 2.24) is 19.7 Å². The second-order valence-electron chi connectivity index (χ2n) is 4.74. The Morgan fingerprint density at radius 2 is 2.33 bits per heavy atom. The maximum Gasteiger partial charge on any atom is 0.274 e. The van der Waals surface area contributed by atoms with Gasteiger partial charge in [-0.1, -0.05) is 0 Å². The van der Waals surface area contributed by atoms with Crippen LogP contribution in [0, 0.1) is 6.92 Å². The molecule has 0 aromatic carbocycles. The van der Waals surface area contributed by atoms with E-state index in [9.17, 15) is 4.79 Å². The third kappa shape index (κ3) is 1.63. The van der Waals surface area contributed by atoms with E-state index in [0.29, 0.717) is 5.69 Å². The second-order valence-corrected chi connectivity index (χ2v) is 4.74. The number of amides is 1. The van der Waals surface area contributed by atoms with Gasteiger partial charge in [0.25, 0.3) is 5.91 Å². The first-order chi connectivity index (χ1) is 8.66. The van der Waals surface area contributed by atoms with Crippen molar-refractivity contribution in [3.63, 3.8) is 0 Å². The van der Waals surface area contributed by atoms with Crippen LogP contribution in [0.3, 0.4) is 0 Å². The molecule has 0 bridgehead atoms. The van der Waals surface area contributed by atoms with Crippen LogP contribution in [0.1, 0.15) is 34.8 Å². The standard InChI is InChI=1S/C13H16N4O/c1-9-8-11(15-14-9)13(18)17-7-6-16-5-3-4-12(16)10(17)2/h3-5,8,10H,6-7H2,1-2H3,(H,14,15)/t10-/m1/s1. The average molecular weight is 244 g/mol. The first kappa shape index (κ1) is 11.1. The lowest BCUT2D eigenvalue weighted by Crippen LogP contribution is -2.40. The summed E-state index contributed by atoms with van der Waals surface area (Å²) in [6.45, 7) is 5.53. The maximum atomic E-state index is 12.4. The van der Waals surface area contributed by atoms with Gasteiger partial charge in [0, 0.05) is 30.7 Å². The number of aromatic amines is 1. The summed E-state index contributed by atoms with van der Waals surface area (Å²) in [5.74, 6) is -0.000648. The number of H-pyrrole nitrogens is 1. The molecule has 0 saturated heterocycles. The van der Waals surface area contributed by atoms with Gasteiger partial charge in [0.15, 0.2) is 0 Å². The van der Waals surface area contributed by atoms with Gasteiger partial charge in [-0.05, 0) is 32.0 Å². The molecule has 1 aliphatic heterocycles. The molecule has 5 nitrogen and oxygen atoms in total. The molecular weight excluding hydrogens is 228 g/mol. The number of carbonyl (C=O) groups is 1. The molecule has 0 unspecified atom stereocenters. The maximum absolute atomic E-state index is 12.4. The van der Waals surface area contributed by atoms with Gasteiger partial charge in [0.1, 0.15) is 5.69 Å². The van der Waals surface area contributed by atoms with E-state index in [0.717, 1.165) is 18.8 Å². The summed E-state index contributed by atoms with van der Waals surface area (Å²) >= 11 is 0. The van der Waals surface area contributed by atoms with Crippen LogP contribution in [-0.4, -0.2) is 32.1 Å². The van der Waals surface area contributed by atoms with Crippen LogP contribution in [0.2, 0.25) is 0 Å². The number of nitrogens with zero attached hydrogens (tertiary/aromatic N) is 3. The molecule has 2 aromatic heterocycles. The molecule has 1 N–H and O–H groups in total. The fourth-order valence-corrected chi connectivity index (χ4v) is 2.53. The Kier molecular flexibility index (Phi) is 2.47. The number of carbonyl (C=O) groups excluding carboxylic acids is 1. The topological polar surface area (TPSA) is 53.9 Å². The lowest BCUT2D eigenvalue weighted by atomic mass is 10.1. The molecule has 18 heavy (non-hydrogen) atoms. The Balaban J connectivity index is 1.88. The molecule has 0 aliphatic carbocycles. The minimum atomic E-state index is -0.000648. The smallest absolute Gasteiger partial charge is 0.274 e. The number of aromatic nitrogens is 3. The highest BCUT2D eigenvalue weighted by atomic mass is 16.2. The molecule has 1 amide bonds. The SMILES string of the molecule is Cc1cc(C(=O)N2CCn3cccc3[C@H]2C)n[nH]1. The van der Waals surface area contributed by atoms with Crippen LogP contribution in [0.5, 0.6) is 0 Å². The van der Waals surface area contributed by atoms with Gasteiger partial charge in [0.05, 0.1) is 6.04 Å². The van der Waals surface area contributed by atoms with Gasteiger partial charge >= 0.3 is 0 Å². The lowest BCUT2D eigenvalue weighted by Gasteiger charge is -2.34. The van der Waals surface area contributed by atoms with E-state index >= 15 is 0 Å². The lowest BCUT2D eigenvalue weighted by molar-refractivity contribution is 0.0638. The molecule has 3 heterocycles. The predicted molar refractivity (Wildman–Crippen MR) is 67.2 cm³/mol. The number of aryl methyl sites for hydroxylation is 1. The molecule has 1 aliphatic rings. The Labute approximate surface area is 105 Å². The van der Waals surface area contributed by atoms with E-state index in [4.69, 9.17) is 0 Å². The van der Waals surface area contributed by atoms with Crippen molar-refractivity contribution in [1.29, 1.82) is 0 Å². The summed E-state index contributed by atoms with van der Waals surface area (Å²) in [5.41, 5.74) is 2.59. The normalized spacial score (nSPS) is 18.8. The predicted octanol–water partition coefficient (Wildman–Crippen LogP) is 1.74. The largest absolute Gasteiger partial charge is 0.348 e. The number of nitrogens with one attached hydrogen (secondary N) is 1. The van der Waals surface area contributed by atoms with E-state index in [1.807, 2.05) is 17.9 Å². The van der Waals surface area contributed by atoms with Gasteiger partial charge in [-0.15, -0.1) is 0 Å². The third-order valence-electron chi connectivity index (χ3n) is 3.53. The number of hydrogen-bond donors (Lipinski definition) is 1. The van der Waals surface area contributed by atoms with Crippen LogP contribution in [0.4, 0.5) is 0 Å². The highest BCUT2D eigenvalue weighted by molar-refractivity contribution is 5.92. The fraction of sp³-hybridized carbons (Fsp3) is 0.385. The van der Waals surface area contributed by atoms with Crippen LogP contribution in [-0.2, 0) is 6.54 Å². The van der Waals surface area contributed by atoms with Gasteiger partial charge in [0.2, 0.25) is 0 Å². The van der Waals surface area contributed by atoms with Gasteiger partial charge < -0.3 is 9.47 Å². The number of hydrogen-bond acceptors (Lipinski definition) is 2. The van der Waals surface area contributed by atoms with E-state index in [1.165, 1.54) is 5.69 Å². The zero-order valence-corrected chi connectivity index (χ0v) is 10.6. The Morgan fingerprint density at radius 1 is 1.50 bits per heavy atom. The molecule has 1 atom stereocenters. The summed E-state index contributed by atoms with van der Waals surface area (Å²) in [7, 11) is 0. The van der Waals surface area contributed by atoms with Gasteiger partial charge in [-0.25, -0.2) is 0 Å². The summed E-state index contributed by atoms with van der Waals surface area (Å²) < 4.78 is 2.20. The average Bonchev–Trinajstić information content (AvgIpc) is 2.97. The second kappa shape index (κ2) is 4.01. The van der Waals surface area contributed by atoms with E-state index in [2.05, 4.69) is 34.0 Å². The Hall–Kier alpha value is -2.04. The molecule has 0 fully saturated rings. The van der Waals surface area contributed by atoms with Crippen molar-refractivity contribution in [2.24, 2.45) is 0 Å². The first-order valence-corrected chi connectivity index (χ1v) is 6.15. The zero-order chi connectivity index (χ0) is 12.7. The van der Waals surface area contributed by atoms with Crippen molar-refractivity contribution in [3.05, 3.63) is 41.5 Å². The first-order valence-electron chi connectivity index (χ1n) is 6.15. The minimum Gasteiger partial charge on any atom is -0.348 e. The molecule has 94 valence electrons. The van der Waals surface area contributed by atoms with Crippen LogP contribution in [0.25, 0.3) is 0 Å². The van der Waals surface area contributed by atoms with Crippen LogP contribution < -0.4 is 0 Å². The summed E-state index contributed by atoms with van der Waals surface area (Å²) in [5, 5.41) is 6.86. The summed E-state index contributed by atoms with van der Waals surface area (Å²) in [4.78, 5) is 14.3. The summed E-state index contributed by atoms with van der Waals surface area (Å²) in [6.07, 6.45) is 2.06. The van der Waals surface area contributed by atoms with Crippen LogP contribution in [0.15, 0.2) is 24.4 Å². The molecular formula is C13H16N4O. The van der Waals surface area contributed by atoms with E-state index < -0.39 is 0 Å². The quantitative estimate of drug-likeness (QED) is 0.830. The third-order valence-corrected chi connectivity index (χ3v) is 3.53. The highest BCUT2D eigenvalue weighted by Crippen LogP contribution is 2.26. The van der Waals surface area contributed by atoms with Crippen molar-refractivity contribution in [3.8, 4) is 0 Å². The van der Waals surface area contributed by atoms with Crippen molar-refractivity contribution in [2.75, 3.05) is 6.54 Å². The zero-order valence-electron chi connectivity index (χ0n) is 10.6. The number of rotatable bonds is 1. The van der Waals surface area contributed by atoms with E-state index in [-0.39, 0.29) is 11.9 Å². The monoisotopic (exact) mass is 244 g/mol. The molecule has 0 radical (unpaired) electrons. The fourth-order valence-electron chi connectivity index (χ4n) is 2.53. The summed E-state index contributed by atoms with van der Waals surface area (Å²) in [6, 6.07) is 5.99. The molecule has 5 heteroatoms. The van der Waals surface area contributed by atoms with Crippen LogP contribution >= 0.6 is 0 Å². The molecule has 2 aromatic rings. The van der Waals surface area contributed by atoms with Gasteiger partial charge in [-0.2, -0.15) is 5.10 Å². The van der Waals surface area contributed by atoms with E-state index in [1.54, 1.807) is 6.07 Å². The highest BCUT2D eigenvalue weighted by Gasteiger charge is 2.29. The molecule has 0 saturated carbocycles. The Morgan fingerprint density at radius 3 is 3.06 bits per heavy atom. The van der Waals surface area contributed by atoms with Crippen molar-refractivity contribution < 1.29 is 4.79 Å². The number of fused-ring (bicyclic) bond motifs is 1.